The highest BCUT2D eigenvalue weighted by molar-refractivity contribution is 5.79. The molecule has 0 aliphatic heterocycles. The summed E-state index contributed by atoms with van der Waals surface area (Å²) in [5.41, 5.74) is 1.91. The second-order valence-electron chi connectivity index (χ2n) is 6.17. The fourth-order valence-electron chi connectivity index (χ4n) is 3.04. The molecule has 1 aromatic carbocycles. The Balaban J connectivity index is 1.68. The van der Waals surface area contributed by atoms with Gasteiger partial charge in [0.05, 0.1) is 18.2 Å². The van der Waals surface area contributed by atoms with Crippen molar-refractivity contribution >= 4 is 5.91 Å². The molecular weight excluding hydrogens is 338 g/mol. The molecule has 8 heteroatoms. The van der Waals surface area contributed by atoms with Gasteiger partial charge in [-0.1, -0.05) is 12.1 Å². The number of aromatic nitrogens is 2. The maximum Gasteiger partial charge on any atom is 0.408 e. The summed E-state index contributed by atoms with van der Waals surface area (Å²) in [5, 5.41) is 6.85. The Bertz CT molecular complexity index is 752. The van der Waals surface area contributed by atoms with Crippen LogP contribution >= 0.6 is 0 Å². The van der Waals surface area contributed by atoms with E-state index in [4.69, 9.17) is 0 Å². The van der Waals surface area contributed by atoms with Crippen LogP contribution in [0.2, 0.25) is 0 Å². The van der Waals surface area contributed by atoms with Gasteiger partial charge in [0.2, 0.25) is 5.91 Å². The van der Waals surface area contributed by atoms with Crippen molar-refractivity contribution in [1.29, 1.82) is 0 Å². The van der Waals surface area contributed by atoms with Gasteiger partial charge in [0.1, 0.15) is 12.4 Å². The van der Waals surface area contributed by atoms with Gasteiger partial charge in [-0.15, -0.1) is 0 Å². The van der Waals surface area contributed by atoms with E-state index in [9.17, 15) is 22.4 Å². The molecular formula is C17H17F4N3O. The van der Waals surface area contributed by atoms with Crippen LogP contribution in [0.15, 0.2) is 30.5 Å². The molecule has 0 bridgehead atoms. The van der Waals surface area contributed by atoms with Crippen molar-refractivity contribution in [1.82, 2.24) is 15.1 Å². The normalized spacial score (nSPS) is 17.2. The lowest BCUT2D eigenvalue weighted by Gasteiger charge is -2.22. The van der Waals surface area contributed by atoms with Crippen molar-refractivity contribution in [2.45, 2.75) is 44.4 Å². The van der Waals surface area contributed by atoms with E-state index >= 15 is 0 Å². The summed E-state index contributed by atoms with van der Waals surface area (Å²) in [4.78, 5) is 12.2. The third-order valence-electron chi connectivity index (χ3n) is 4.09. The molecule has 2 aromatic rings. The van der Waals surface area contributed by atoms with Gasteiger partial charge in [0.15, 0.2) is 0 Å². The first-order valence-electron chi connectivity index (χ1n) is 7.97. The second kappa shape index (κ2) is 6.85. The Morgan fingerprint density at radius 2 is 2.00 bits per heavy atom. The Kier molecular flexibility index (Phi) is 4.78. The van der Waals surface area contributed by atoms with E-state index in [0.29, 0.717) is 24.1 Å². The van der Waals surface area contributed by atoms with Crippen LogP contribution in [0, 0.1) is 5.82 Å². The lowest BCUT2D eigenvalue weighted by molar-refractivity contribution is -0.142. The predicted molar refractivity (Wildman–Crippen MR) is 82.2 cm³/mol. The Hall–Kier alpha value is -2.38. The topological polar surface area (TPSA) is 46.9 Å². The summed E-state index contributed by atoms with van der Waals surface area (Å²) < 4.78 is 51.4. The highest BCUT2D eigenvalue weighted by Gasteiger charge is 2.31. The number of hydrogen-bond acceptors (Lipinski definition) is 2. The minimum absolute atomic E-state index is 0.0787. The summed E-state index contributed by atoms with van der Waals surface area (Å²) in [7, 11) is 0. The number of aryl methyl sites for hydroxylation is 1. The van der Waals surface area contributed by atoms with Crippen LogP contribution in [0.4, 0.5) is 17.6 Å². The number of benzene rings is 1. The number of fused-ring (bicyclic) bond motifs is 1. The van der Waals surface area contributed by atoms with Gasteiger partial charge in [-0.25, -0.2) is 4.39 Å². The molecule has 0 spiro atoms. The minimum Gasteiger partial charge on any atom is -0.347 e. The van der Waals surface area contributed by atoms with Gasteiger partial charge in [0.25, 0.3) is 0 Å². The molecule has 1 aliphatic rings. The largest absolute Gasteiger partial charge is 0.408 e. The average molecular weight is 355 g/mol. The molecule has 1 atom stereocenters. The van der Waals surface area contributed by atoms with E-state index in [1.54, 1.807) is 0 Å². The molecule has 0 fully saturated rings. The summed E-state index contributed by atoms with van der Waals surface area (Å²) in [6.07, 6.45) is -0.804. The highest BCUT2D eigenvalue weighted by Crippen LogP contribution is 2.29. The van der Waals surface area contributed by atoms with Crippen molar-refractivity contribution < 1.29 is 22.4 Å². The molecule has 3 rings (SSSR count). The zero-order valence-electron chi connectivity index (χ0n) is 13.3. The molecule has 1 aromatic heterocycles. The molecule has 1 heterocycles. The Morgan fingerprint density at radius 1 is 1.28 bits per heavy atom. The Labute approximate surface area is 141 Å². The zero-order chi connectivity index (χ0) is 18.0. The van der Waals surface area contributed by atoms with Crippen molar-refractivity contribution in [2.24, 2.45) is 0 Å². The fourth-order valence-corrected chi connectivity index (χ4v) is 3.04. The molecule has 1 aliphatic carbocycles. The molecule has 25 heavy (non-hydrogen) atoms. The standard InChI is InChI=1S/C17H17F4N3O/c18-13-6-4-11(5-7-13)8-15(25)22-14-3-1-2-12-9-24(23-16(12)14)10-17(19,20)21/h4-7,9,14H,1-3,8,10H2,(H,22,25). The van der Waals surface area contributed by atoms with Crippen LogP contribution in [0.25, 0.3) is 0 Å². The van der Waals surface area contributed by atoms with E-state index in [0.717, 1.165) is 16.7 Å². The Morgan fingerprint density at radius 3 is 2.68 bits per heavy atom. The minimum atomic E-state index is -4.34. The number of amides is 1. The number of alkyl halides is 3. The van der Waals surface area contributed by atoms with E-state index in [1.807, 2.05) is 0 Å². The summed E-state index contributed by atoms with van der Waals surface area (Å²) in [5.74, 6) is -0.647. The fraction of sp³-hybridized carbons (Fsp3) is 0.412. The van der Waals surface area contributed by atoms with Gasteiger partial charge in [0, 0.05) is 6.20 Å². The quantitative estimate of drug-likeness (QED) is 0.856. The number of halogens is 4. The molecule has 0 saturated heterocycles. The van der Waals surface area contributed by atoms with Crippen LogP contribution in [0.1, 0.15) is 35.7 Å². The molecule has 1 unspecified atom stereocenters. The molecule has 134 valence electrons. The van der Waals surface area contributed by atoms with Gasteiger partial charge >= 0.3 is 6.18 Å². The number of hydrogen-bond donors (Lipinski definition) is 1. The summed E-state index contributed by atoms with van der Waals surface area (Å²) in [6, 6.07) is 5.21. The van der Waals surface area contributed by atoms with Crippen molar-refractivity contribution in [3.05, 3.63) is 53.1 Å². The maximum atomic E-state index is 12.9. The average Bonchev–Trinajstić information content (AvgIpc) is 2.91. The van der Waals surface area contributed by atoms with Crippen molar-refractivity contribution in [2.75, 3.05) is 0 Å². The van der Waals surface area contributed by atoms with Crippen molar-refractivity contribution in [3.63, 3.8) is 0 Å². The van der Waals surface area contributed by atoms with Crippen LogP contribution in [-0.2, 0) is 24.2 Å². The monoisotopic (exact) mass is 355 g/mol. The lowest BCUT2D eigenvalue weighted by Crippen LogP contribution is -2.32. The van der Waals surface area contributed by atoms with Crippen LogP contribution in [0.5, 0.6) is 0 Å². The first-order chi connectivity index (χ1) is 11.8. The van der Waals surface area contributed by atoms with E-state index in [1.165, 1.54) is 30.5 Å². The molecule has 1 amide bonds. The number of rotatable bonds is 4. The first kappa shape index (κ1) is 17.4. The number of nitrogens with one attached hydrogen (secondary N) is 1. The first-order valence-corrected chi connectivity index (χ1v) is 7.97. The predicted octanol–water partition coefficient (Wildman–Crippen LogP) is 3.32. The zero-order valence-corrected chi connectivity index (χ0v) is 13.3. The van der Waals surface area contributed by atoms with E-state index in [-0.39, 0.29) is 18.1 Å². The number of carbonyl (C=O) groups excluding carboxylic acids is 1. The highest BCUT2D eigenvalue weighted by atomic mass is 19.4. The summed E-state index contributed by atoms with van der Waals surface area (Å²) >= 11 is 0. The third kappa shape index (κ3) is 4.58. The number of nitrogens with zero attached hydrogens (tertiary/aromatic N) is 2. The van der Waals surface area contributed by atoms with Gasteiger partial charge in [-0.05, 0) is 42.5 Å². The maximum absolute atomic E-state index is 12.9. The lowest BCUT2D eigenvalue weighted by atomic mass is 9.93. The molecule has 0 saturated carbocycles. The van der Waals surface area contributed by atoms with E-state index in [2.05, 4.69) is 10.4 Å². The number of carbonyl (C=O) groups is 1. The third-order valence-corrected chi connectivity index (χ3v) is 4.09. The van der Waals surface area contributed by atoms with Crippen LogP contribution in [0.3, 0.4) is 0 Å². The van der Waals surface area contributed by atoms with Crippen molar-refractivity contribution in [3.8, 4) is 0 Å². The molecule has 1 N–H and O–H groups in total. The van der Waals surface area contributed by atoms with Crippen LogP contribution < -0.4 is 5.32 Å². The molecule has 4 nitrogen and oxygen atoms in total. The second-order valence-corrected chi connectivity index (χ2v) is 6.17. The summed E-state index contributed by atoms with van der Waals surface area (Å²) in [6.45, 7) is -1.14. The SMILES string of the molecule is O=C(Cc1ccc(F)cc1)NC1CCCc2cn(CC(F)(F)F)nc21. The smallest absolute Gasteiger partial charge is 0.347 e. The van der Waals surface area contributed by atoms with Crippen LogP contribution in [-0.4, -0.2) is 21.9 Å². The van der Waals surface area contributed by atoms with Gasteiger partial charge in [-0.2, -0.15) is 18.3 Å². The van der Waals surface area contributed by atoms with Gasteiger partial charge in [-0.3, -0.25) is 9.48 Å². The van der Waals surface area contributed by atoms with Gasteiger partial charge < -0.3 is 5.32 Å². The van der Waals surface area contributed by atoms with E-state index < -0.39 is 18.8 Å². The molecule has 0 radical (unpaired) electrons.